The minimum atomic E-state index is -3.54. The molecule has 0 saturated heterocycles. The number of thiazole rings is 1. The number of hydrogen-bond acceptors (Lipinski definition) is 6. The minimum Gasteiger partial charge on any atom is -0.308 e. The second-order valence-corrected chi connectivity index (χ2v) is 10.2. The van der Waals surface area contributed by atoms with E-state index in [1.54, 1.807) is 17.0 Å². The number of amides is 1. The highest BCUT2D eigenvalue weighted by molar-refractivity contribution is 7.89. The van der Waals surface area contributed by atoms with Gasteiger partial charge in [0, 0.05) is 32.7 Å². The van der Waals surface area contributed by atoms with E-state index in [1.807, 2.05) is 43.3 Å². The Morgan fingerprint density at radius 2 is 1.60 bits per heavy atom. The zero-order valence-electron chi connectivity index (χ0n) is 17.3. The van der Waals surface area contributed by atoms with Crippen LogP contribution in [0.3, 0.4) is 0 Å². The normalized spacial score (nSPS) is 11.7. The summed E-state index contributed by atoms with van der Waals surface area (Å²) in [7, 11) is 3.31. The van der Waals surface area contributed by atoms with Gasteiger partial charge >= 0.3 is 0 Å². The highest BCUT2D eigenvalue weighted by Gasteiger charge is 2.23. The maximum Gasteiger partial charge on any atom is 0.260 e. The number of carbonyl (C=O) groups excluding carboxylic acids is 1. The summed E-state index contributed by atoms with van der Waals surface area (Å²) in [6.45, 7) is 1.15. The van der Waals surface area contributed by atoms with Crippen molar-refractivity contribution in [1.29, 1.82) is 0 Å². The summed E-state index contributed by atoms with van der Waals surface area (Å²) >= 11 is 1.46. The second kappa shape index (κ2) is 9.84. The molecule has 0 aliphatic rings. The van der Waals surface area contributed by atoms with E-state index >= 15 is 0 Å². The smallest absolute Gasteiger partial charge is 0.260 e. The third kappa shape index (κ3) is 5.16. The van der Waals surface area contributed by atoms with Gasteiger partial charge in [0.1, 0.15) is 0 Å². The molecule has 0 aliphatic heterocycles. The van der Waals surface area contributed by atoms with Gasteiger partial charge < -0.3 is 4.90 Å². The van der Waals surface area contributed by atoms with Crippen LogP contribution in [0, 0.1) is 0 Å². The fraction of sp³-hybridized carbons (Fsp3) is 0.300. The Kier molecular flexibility index (Phi) is 7.95. The molecule has 0 spiro atoms. The van der Waals surface area contributed by atoms with Crippen LogP contribution in [0.25, 0.3) is 10.2 Å². The van der Waals surface area contributed by atoms with Gasteiger partial charge in [-0.2, -0.15) is 0 Å². The number of halogens is 1. The Balaban J connectivity index is 0.00000320. The number of nitrogens with zero attached hydrogens (tertiary/aromatic N) is 4. The van der Waals surface area contributed by atoms with Crippen LogP contribution in [0.1, 0.15) is 10.4 Å². The fourth-order valence-electron chi connectivity index (χ4n) is 2.70. The number of sulfonamides is 1. The van der Waals surface area contributed by atoms with Crippen LogP contribution in [0.5, 0.6) is 0 Å². The van der Waals surface area contributed by atoms with Crippen molar-refractivity contribution in [3.05, 3.63) is 54.1 Å². The van der Waals surface area contributed by atoms with Gasteiger partial charge in [0.05, 0.1) is 15.1 Å². The quantitative estimate of drug-likeness (QED) is 0.532. The molecule has 3 aromatic rings. The predicted molar refractivity (Wildman–Crippen MR) is 124 cm³/mol. The number of rotatable bonds is 7. The van der Waals surface area contributed by atoms with E-state index < -0.39 is 10.0 Å². The molecule has 0 atom stereocenters. The standard InChI is InChI=1S/C20H24N4O3S2.ClH/c1-22(2)13-14-24(20-21-17-7-5-6-8-18(17)28-20)19(25)15-9-11-16(12-10-15)29(26,27)23(3)4;/h5-12H,13-14H2,1-4H3;1H. The van der Waals surface area contributed by atoms with Crippen LogP contribution < -0.4 is 4.90 Å². The number of fused-ring (bicyclic) bond motifs is 1. The Morgan fingerprint density at radius 3 is 2.17 bits per heavy atom. The lowest BCUT2D eigenvalue weighted by Gasteiger charge is -2.22. The van der Waals surface area contributed by atoms with Gasteiger partial charge in [-0.25, -0.2) is 17.7 Å². The zero-order chi connectivity index (χ0) is 21.2. The molecule has 0 saturated carbocycles. The van der Waals surface area contributed by atoms with Gasteiger partial charge in [0.2, 0.25) is 10.0 Å². The van der Waals surface area contributed by atoms with Gasteiger partial charge in [-0.3, -0.25) is 9.69 Å². The molecular weight excluding hydrogens is 444 g/mol. The molecule has 0 aliphatic carbocycles. The van der Waals surface area contributed by atoms with E-state index in [2.05, 4.69) is 4.98 Å². The van der Waals surface area contributed by atoms with E-state index in [1.165, 1.54) is 37.6 Å². The van der Waals surface area contributed by atoms with Crippen LogP contribution in [0.2, 0.25) is 0 Å². The molecule has 1 amide bonds. The van der Waals surface area contributed by atoms with Crippen LogP contribution in [-0.4, -0.2) is 69.8 Å². The highest BCUT2D eigenvalue weighted by atomic mass is 35.5. The van der Waals surface area contributed by atoms with Crippen LogP contribution in [0.4, 0.5) is 5.13 Å². The monoisotopic (exact) mass is 468 g/mol. The van der Waals surface area contributed by atoms with E-state index in [-0.39, 0.29) is 23.2 Å². The van der Waals surface area contributed by atoms with Crippen molar-refractivity contribution in [2.45, 2.75) is 4.90 Å². The summed E-state index contributed by atoms with van der Waals surface area (Å²) in [6, 6.07) is 13.8. The number of para-hydroxylation sites is 1. The molecule has 0 fully saturated rings. The van der Waals surface area contributed by atoms with E-state index in [0.717, 1.165) is 14.5 Å². The molecule has 1 aromatic heterocycles. The topological polar surface area (TPSA) is 73.8 Å². The Hall–Kier alpha value is -2.04. The number of anilines is 1. The summed E-state index contributed by atoms with van der Waals surface area (Å²) in [5.74, 6) is -0.209. The maximum absolute atomic E-state index is 13.2. The summed E-state index contributed by atoms with van der Waals surface area (Å²) in [6.07, 6.45) is 0. The van der Waals surface area contributed by atoms with Gasteiger partial charge in [-0.15, -0.1) is 12.4 Å². The van der Waals surface area contributed by atoms with Gasteiger partial charge in [-0.1, -0.05) is 23.5 Å². The lowest BCUT2D eigenvalue weighted by atomic mass is 10.2. The first-order valence-corrected chi connectivity index (χ1v) is 11.3. The number of benzene rings is 2. The molecule has 0 radical (unpaired) electrons. The lowest BCUT2D eigenvalue weighted by Crippen LogP contribution is -2.36. The van der Waals surface area contributed by atoms with Crippen molar-refractivity contribution in [3.63, 3.8) is 0 Å². The van der Waals surface area contributed by atoms with Crippen molar-refractivity contribution in [3.8, 4) is 0 Å². The molecule has 1 heterocycles. The number of carbonyl (C=O) groups is 1. The molecule has 10 heteroatoms. The minimum absolute atomic E-state index is 0. The average Bonchev–Trinajstić information content (AvgIpc) is 3.11. The first-order valence-electron chi connectivity index (χ1n) is 9.05. The molecule has 162 valence electrons. The molecule has 0 bridgehead atoms. The molecule has 2 aromatic carbocycles. The van der Waals surface area contributed by atoms with Crippen molar-refractivity contribution in [1.82, 2.24) is 14.2 Å². The second-order valence-electron chi connectivity index (χ2n) is 7.04. The fourth-order valence-corrected chi connectivity index (χ4v) is 4.59. The third-order valence-corrected chi connectivity index (χ3v) is 7.30. The Bertz CT molecular complexity index is 1080. The van der Waals surface area contributed by atoms with Gasteiger partial charge in [0.25, 0.3) is 5.91 Å². The Labute approximate surface area is 187 Å². The molecule has 7 nitrogen and oxygen atoms in total. The first kappa shape index (κ1) is 24.2. The van der Waals surface area contributed by atoms with Crippen molar-refractivity contribution < 1.29 is 13.2 Å². The van der Waals surface area contributed by atoms with Crippen LogP contribution >= 0.6 is 23.7 Å². The SMILES string of the molecule is CN(C)CCN(C(=O)c1ccc(S(=O)(=O)N(C)C)cc1)c1nc2ccccc2s1.Cl. The Morgan fingerprint density at radius 1 is 0.967 bits per heavy atom. The summed E-state index contributed by atoms with van der Waals surface area (Å²) in [5, 5.41) is 0.628. The van der Waals surface area contributed by atoms with Crippen molar-refractivity contribution >= 4 is 55.0 Å². The highest BCUT2D eigenvalue weighted by Crippen LogP contribution is 2.29. The number of hydrogen-bond donors (Lipinski definition) is 0. The van der Waals surface area contributed by atoms with Gasteiger partial charge in [-0.05, 0) is 50.5 Å². The van der Waals surface area contributed by atoms with Gasteiger partial charge in [0.15, 0.2) is 5.13 Å². The molecule has 3 rings (SSSR count). The van der Waals surface area contributed by atoms with Crippen molar-refractivity contribution in [2.75, 3.05) is 46.2 Å². The first-order chi connectivity index (χ1) is 13.7. The largest absolute Gasteiger partial charge is 0.308 e. The van der Waals surface area contributed by atoms with E-state index in [9.17, 15) is 13.2 Å². The zero-order valence-corrected chi connectivity index (χ0v) is 19.7. The lowest BCUT2D eigenvalue weighted by molar-refractivity contribution is 0.0985. The number of likely N-dealkylation sites (N-methyl/N-ethyl adjacent to an activating group) is 1. The molecule has 0 unspecified atom stereocenters. The molecule has 0 N–H and O–H groups in total. The van der Waals surface area contributed by atoms with E-state index in [0.29, 0.717) is 23.8 Å². The maximum atomic E-state index is 13.2. The summed E-state index contributed by atoms with van der Waals surface area (Å²) in [4.78, 5) is 21.7. The summed E-state index contributed by atoms with van der Waals surface area (Å²) in [5.41, 5.74) is 1.27. The molecule has 30 heavy (non-hydrogen) atoms. The summed E-state index contributed by atoms with van der Waals surface area (Å²) < 4.78 is 26.7. The predicted octanol–water partition coefficient (Wildman–Crippen LogP) is 3.18. The van der Waals surface area contributed by atoms with Crippen LogP contribution in [0.15, 0.2) is 53.4 Å². The average molecular weight is 469 g/mol. The molecular formula is C20H25ClN4O3S2. The van der Waals surface area contributed by atoms with E-state index in [4.69, 9.17) is 0 Å². The third-order valence-electron chi connectivity index (χ3n) is 4.41. The van der Waals surface area contributed by atoms with Crippen LogP contribution in [-0.2, 0) is 10.0 Å². The van der Waals surface area contributed by atoms with Crippen molar-refractivity contribution in [2.24, 2.45) is 0 Å². The number of aromatic nitrogens is 1.